The largest absolute Gasteiger partial charge is 0.350 e. The van der Waals surface area contributed by atoms with Crippen molar-refractivity contribution >= 4 is 17.2 Å². The van der Waals surface area contributed by atoms with Crippen LogP contribution in [0.5, 0.6) is 0 Å². The van der Waals surface area contributed by atoms with E-state index in [0.29, 0.717) is 18.9 Å². The Morgan fingerprint density at radius 1 is 1.37 bits per heavy atom. The molecular formula is C15H26N2OS. The molecule has 3 nitrogen and oxygen atoms in total. The van der Waals surface area contributed by atoms with Gasteiger partial charge in [-0.2, -0.15) is 0 Å². The van der Waals surface area contributed by atoms with Gasteiger partial charge in [0.2, 0.25) is 5.91 Å². The third-order valence-corrected chi connectivity index (χ3v) is 4.43. The van der Waals surface area contributed by atoms with Crippen LogP contribution in [0.3, 0.4) is 0 Å². The van der Waals surface area contributed by atoms with Gasteiger partial charge in [0.1, 0.15) is 0 Å². The number of carbonyl (C=O) groups is 1. The first-order chi connectivity index (χ1) is 8.93. The van der Waals surface area contributed by atoms with Crippen LogP contribution in [0.4, 0.5) is 0 Å². The fourth-order valence-electron chi connectivity index (χ4n) is 2.28. The molecule has 1 amide bonds. The van der Waals surface area contributed by atoms with E-state index in [4.69, 9.17) is 5.73 Å². The van der Waals surface area contributed by atoms with Crippen LogP contribution in [-0.2, 0) is 4.79 Å². The van der Waals surface area contributed by atoms with Crippen LogP contribution in [0.2, 0.25) is 0 Å². The highest BCUT2D eigenvalue weighted by Gasteiger charge is 2.14. The molecule has 0 bridgehead atoms. The van der Waals surface area contributed by atoms with Crippen molar-refractivity contribution < 1.29 is 4.79 Å². The standard InChI is InChI=1S/C15H26N2OS/c1-10(7-8-16)5-6-15(18)17-12(3)14-9-11(2)19-13(14)4/h9-10,12H,5-8,16H2,1-4H3,(H,17,18). The molecule has 4 heteroatoms. The van der Waals surface area contributed by atoms with Crippen molar-refractivity contribution in [3.05, 3.63) is 21.4 Å². The zero-order valence-corrected chi connectivity index (χ0v) is 13.3. The zero-order chi connectivity index (χ0) is 14.4. The summed E-state index contributed by atoms with van der Waals surface area (Å²) in [5.41, 5.74) is 6.75. The SMILES string of the molecule is Cc1cc(C(C)NC(=O)CCC(C)CCN)c(C)s1. The van der Waals surface area contributed by atoms with Gasteiger partial charge in [-0.3, -0.25) is 4.79 Å². The molecule has 0 aliphatic carbocycles. The number of thiophene rings is 1. The number of hydrogen-bond acceptors (Lipinski definition) is 3. The summed E-state index contributed by atoms with van der Waals surface area (Å²) in [6, 6.07) is 2.27. The van der Waals surface area contributed by atoms with Crippen molar-refractivity contribution in [3.63, 3.8) is 0 Å². The lowest BCUT2D eigenvalue weighted by atomic mass is 10.0. The van der Waals surface area contributed by atoms with E-state index in [0.717, 1.165) is 12.8 Å². The molecule has 1 heterocycles. The lowest BCUT2D eigenvalue weighted by Crippen LogP contribution is -2.27. The average Bonchev–Trinajstić information content (AvgIpc) is 2.66. The van der Waals surface area contributed by atoms with E-state index in [-0.39, 0.29) is 11.9 Å². The maximum atomic E-state index is 11.9. The summed E-state index contributed by atoms with van der Waals surface area (Å²) >= 11 is 1.78. The Balaban J connectivity index is 2.42. The van der Waals surface area contributed by atoms with E-state index < -0.39 is 0 Å². The Labute approximate surface area is 120 Å². The number of hydrogen-bond donors (Lipinski definition) is 2. The monoisotopic (exact) mass is 282 g/mol. The van der Waals surface area contributed by atoms with E-state index >= 15 is 0 Å². The highest BCUT2D eigenvalue weighted by molar-refractivity contribution is 7.12. The first-order valence-electron chi connectivity index (χ1n) is 7.00. The molecule has 3 N–H and O–H groups in total. The number of carbonyl (C=O) groups excluding carboxylic acids is 1. The van der Waals surface area contributed by atoms with Gasteiger partial charge >= 0.3 is 0 Å². The molecule has 1 rings (SSSR count). The summed E-state index contributed by atoms with van der Waals surface area (Å²) in [7, 11) is 0. The highest BCUT2D eigenvalue weighted by atomic mass is 32.1. The molecule has 108 valence electrons. The molecule has 0 aliphatic heterocycles. The van der Waals surface area contributed by atoms with Crippen molar-refractivity contribution in [2.45, 2.75) is 53.0 Å². The summed E-state index contributed by atoms with van der Waals surface area (Å²) in [5, 5.41) is 3.08. The molecule has 2 unspecified atom stereocenters. The summed E-state index contributed by atoms with van der Waals surface area (Å²) in [6.45, 7) is 9.11. The number of rotatable bonds is 7. The van der Waals surface area contributed by atoms with E-state index in [2.05, 4.69) is 39.1 Å². The van der Waals surface area contributed by atoms with E-state index in [9.17, 15) is 4.79 Å². The summed E-state index contributed by atoms with van der Waals surface area (Å²) in [6.07, 6.45) is 2.50. The molecule has 1 aromatic heterocycles. The minimum Gasteiger partial charge on any atom is -0.350 e. The van der Waals surface area contributed by atoms with Crippen molar-refractivity contribution in [2.75, 3.05) is 6.54 Å². The van der Waals surface area contributed by atoms with Crippen LogP contribution in [0.25, 0.3) is 0 Å². The topological polar surface area (TPSA) is 55.1 Å². The number of amides is 1. The second-order valence-corrected chi connectivity index (χ2v) is 6.84. The Hall–Kier alpha value is -0.870. The van der Waals surface area contributed by atoms with Crippen LogP contribution in [-0.4, -0.2) is 12.5 Å². The average molecular weight is 282 g/mol. The van der Waals surface area contributed by atoms with Gasteiger partial charge in [-0.15, -0.1) is 11.3 Å². The van der Waals surface area contributed by atoms with Gasteiger partial charge in [-0.25, -0.2) is 0 Å². The molecule has 0 aromatic carbocycles. The lowest BCUT2D eigenvalue weighted by Gasteiger charge is -2.15. The molecule has 0 spiro atoms. The Morgan fingerprint density at radius 2 is 2.05 bits per heavy atom. The quantitative estimate of drug-likeness (QED) is 0.806. The van der Waals surface area contributed by atoms with Gasteiger partial charge < -0.3 is 11.1 Å². The Bertz CT molecular complexity index is 414. The van der Waals surface area contributed by atoms with E-state index in [1.54, 1.807) is 11.3 Å². The summed E-state index contributed by atoms with van der Waals surface area (Å²) in [5.74, 6) is 0.663. The third-order valence-electron chi connectivity index (χ3n) is 3.45. The van der Waals surface area contributed by atoms with Gasteiger partial charge in [-0.05, 0) is 57.7 Å². The molecule has 0 saturated heterocycles. The highest BCUT2D eigenvalue weighted by Crippen LogP contribution is 2.26. The minimum absolute atomic E-state index is 0.0993. The molecule has 0 saturated carbocycles. The van der Waals surface area contributed by atoms with Crippen molar-refractivity contribution in [3.8, 4) is 0 Å². The fourth-order valence-corrected chi connectivity index (χ4v) is 3.30. The van der Waals surface area contributed by atoms with Crippen molar-refractivity contribution in [1.29, 1.82) is 0 Å². The predicted molar refractivity (Wildman–Crippen MR) is 82.4 cm³/mol. The number of nitrogens with one attached hydrogen (secondary N) is 1. The smallest absolute Gasteiger partial charge is 0.220 e. The van der Waals surface area contributed by atoms with Gasteiger partial charge in [0, 0.05) is 16.2 Å². The fraction of sp³-hybridized carbons (Fsp3) is 0.667. The first-order valence-corrected chi connectivity index (χ1v) is 7.82. The van der Waals surface area contributed by atoms with Gasteiger partial charge in [-0.1, -0.05) is 6.92 Å². The molecule has 2 atom stereocenters. The predicted octanol–water partition coefficient (Wildman–Crippen LogP) is 3.31. The zero-order valence-electron chi connectivity index (χ0n) is 12.5. The lowest BCUT2D eigenvalue weighted by molar-refractivity contribution is -0.122. The van der Waals surface area contributed by atoms with Gasteiger partial charge in [0.15, 0.2) is 0 Å². The van der Waals surface area contributed by atoms with Crippen LogP contribution >= 0.6 is 11.3 Å². The Morgan fingerprint density at radius 3 is 2.58 bits per heavy atom. The third kappa shape index (κ3) is 5.33. The van der Waals surface area contributed by atoms with Crippen LogP contribution in [0, 0.1) is 19.8 Å². The summed E-state index contributed by atoms with van der Waals surface area (Å²) < 4.78 is 0. The van der Waals surface area contributed by atoms with Crippen LogP contribution in [0.1, 0.15) is 54.5 Å². The minimum atomic E-state index is 0.0993. The van der Waals surface area contributed by atoms with Gasteiger partial charge in [0.05, 0.1) is 6.04 Å². The first kappa shape index (κ1) is 16.2. The molecule has 0 radical (unpaired) electrons. The normalized spacial score (nSPS) is 14.2. The molecule has 0 aliphatic rings. The van der Waals surface area contributed by atoms with Gasteiger partial charge in [0.25, 0.3) is 0 Å². The maximum absolute atomic E-state index is 11.9. The van der Waals surface area contributed by atoms with E-state index in [1.165, 1.54) is 15.3 Å². The summed E-state index contributed by atoms with van der Waals surface area (Å²) in [4.78, 5) is 14.5. The number of aryl methyl sites for hydroxylation is 2. The second kappa shape index (κ2) is 7.65. The van der Waals surface area contributed by atoms with Crippen molar-refractivity contribution in [2.24, 2.45) is 11.7 Å². The molecule has 0 fully saturated rings. The van der Waals surface area contributed by atoms with E-state index in [1.807, 2.05) is 0 Å². The van der Waals surface area contributed by atoms with Crippen LogP contribution in [0.15, 0.2) is 6.07 Å². The van der Waals surface area contributed by atoms with Crippen molar-refractivity contribution in [1.82, 2.24) is 5.32 Å². The number of nitrogens with two attached hydrogens (primary N) is 1. The maximum Gasteiger partial charge on any atom is 0.220 e. The molecular weight excluding hydrogens is 256 g/mol. The second-order valence-electron chi connectivity index (χ2n) is 5.38. The Kier molecular flexibility index (Phi) is 6.52. The van der Waals surface area contributed by atoms with Crippen LogP contribution < -0.4 is 11.1 Å². The molecule has 1 aromatic rings. The molecule has 19 heavy (non-hydrogen) atoms.